The fourth-order valence-corrected chi connectivity index (χ4v) is 2.07. The predicted octanol–water partition coefficient (Wildman–Crippen LogP) is 2.63. The Labute approximate surface area is 122 Å². The zero-order valence-corrected chi connectivity index (χ0v) is 13.2. The number of carbonyl (C=O) groups excluding carboxylic acids is 1. The van der Waals surface area contributed by atoms with Crippen molar-refractivity contribution in [3.05, 3.63) is 18.2 Å². The lowest BCUT2D eigenvalue weighted by Gasteiger charge is -2.01. The van der Waals surface area contributed by atoms with Gasteiger partial charge in [0.2, 0.25) is 0 Å². The van der Waals surface area contributed by atoms with Crippen LogP contribution in [0.1, 0.15) is 13.8 Å². The van der Waals surface area contributed by atoms with Crippen LogP contribution in [0.3, 0.4) is 0 Å². The molecular weight excluding hydrogens is 282 g/mol. The summed E-state index contributed by atoms with van der Waals surface area (Å²) in [7, 11) is 1.34. The van der Waals surface area contributed by atoms with E-state index in [2.05, 4.69) is 14.7 Å². The minimum Gasteiger partial charge on any atom is -0.466 e. The van der Waals surface area contributed by atoms with Gasteiger partial charge >= 0.3 is 5.97 Å². The number of rotatable bonds is 5. The molecule has 0 aliphatic heterocycles. The highest BCUT2D eigenvalue weighted by Gasteiger charge is 2.01. The topological polar surface area (TPSA) is 78.1 Å². The van der Waals surface area contributed by atoms with Crippen molar-refractivity contribution in [3.63, 3.8) is 0 Å². The fourth-order valence-electron chi connectivity index (χ4n) is 0.925. The number of nitrogens with two attached hydrogens (primary N) is 1. The first-order chi connectivity index (χ1) is 9.15. The van der Waals surface area contributed by atoms with E-state index >= 15 is 0 Å². The standard InChI is InChI=1S/C10H13N3O2S2.C2H6/c1-15-9(14)4-3-5-17-10-12-7(11)6-8(13-10)16-2;1-2/h3-4,6H,5H2,1-2H3,(H2,11,12,13);1-2H3/b4-3+;. The minimum atomic E-state index is -0.371. The number of aromatic nitrogens is 2. The molecule has 19 heavy (non-hydrogen) atoms. The monoisotopic (exact) mass is 301 g/mol. The van der Waals surface area contributed by atoms with E-state index in [1.54, 1.807) is 12.1 Å². The van der Waals surface area contributed by atoms with Crippen LogP contribution in [0.2, 0.25) is 0 Å². The largest absolute Gasteiger partial charge is 0.466 e. The van der Waals surface area contributed by atoms with Crippen LogP contribution >= 0.6 is 23.5 Å². The summed E-state index contributed by atoms with van der Waals surface area (Å²) in [6, 6.07) is 1.72. The molecule has 1 aromatic rings. The number of carbonyl (C=O) groups is 1. The normalized spacial score (nSPS) is 9.89. The summed E-state index contributed by atoms with van der Waals surface area (Å²) in [6.45, 7) is 4.00. The number of anilines is 1. The van der Waals surface area contributed by atoms with Crippen molar-refractivity contribution < 1.29 is 9.53 Å². The van der Waals surface area contributed by atoms with E-state index in [1.165, 1.54) is 36.7 Å². The van der Waals surface area contributed by atoms with Crippen molar-refractivity contribution in [2.24, 2.45) is 0 Å². The Morgan fingerprint density at radius 3 is 2.74 bits per heavy atom. The molecule has 0 aromatic carbocycles. The summed E-state index contributed by atoms with van der Waals surface area (Å²) in [5.74, 6) is 0.666. The average Bonchev–Trinajstić information content (AvgIpc) is 2.44. The number of esters is 1. The van der Waals surface area contributed by atoms with Gasteiger partial charge in [0.05, 0.1) is 7.11 Å². The van der Waals surface area contributed by atoms with Crippen molar-refractivity contribution in [3.8, 4) is 0 Å². The van der Waals surface area contributed by atoms with E-state index in [1.807, 2.05) is 20.1 Å². The molecule has 0 atom stereocenters. The lowest BCUT2D eigenvalue weighted by Crippen LogP contribution is -1.96. The third-order valence-corrected chi connectivity index (χ3v) is 3.10. The summed E-state index contributed by atoms with van der Waals surface area (Å²) in [6.07, 6.45) is 4.99. The van der Waals surface area contributed by atoms with Crippen LogP contribution in [0.15, 0.2) is 28.4 Å². The SMILES string of the molecule is CC.COC(=O)/C=C/CSc1nc(N)cc(SC)n1. The first-order valence-electron chi connectivity index (χ1n) is 5.71. The molecule has 0 saturated carbocycles. The second kappa shape index (κ2) is 10.7. The van der Waals surface area contributed by atoms with Gasteiger partial charge in [0, 0.05) is 17.9 Å². The average molecular weight is 301 g/mol. The Hall–Kier alpha value is -1.21. The second-order valence-electron chi connectivity index (χ2n) is 2.85. The number of methoxy groups -OCH3 is 1. The lowest BCUT2D eigenvalue weighted by molar-refractivity contribution is -0.134. The maximum atomic E-state index is 10.8. The molecule has 1 rings (SSSR count). The first-order valence-corrected chi connectivity index (χ1v) is 7.92. The zero-order chi connectivity index (χ0) is 14.7. The van der Waals surface area contributed by atoms with Gasteiger partial charge in [0.1, 0.15) is 10.8 Å². The summed E-state index contributed by atoms with van der Waals surface area (Å²) >= 11 is 2.91. The number of hydrogen-bond acceptors (Lipinski definition) is 7. The highest BCUT2D eigenvalue weighted by atomic mass is 32.2. The number of nitrogen functional groups attached to an aromatic ring is 1. The van der Waals surface area contributed by atoms with Crippen molar-refractivity contribution in [1.82, 2.24) is 9.97 Å². The molecule has 0 amide bonds. The van der Waals surface area contributed by atoms with Crippen LogP contribution in [-0.2, 0) is 9.53 Å². The molecule has 0 fully saturated rings. The molecule has 7 heteroatoms. The van der Waals surface area contributed by atoms with Crippen molar-refractivity contribution in [2.75, 3.05) is 24.9 Å². The number of ether oxygens (including phenoxy) is 1. The molecule has 0 saturated heterocycles. The molecule has 106 valence electrons. The highest BCUT2D eigenvalue weighted by Crippen LogP contribution is 2.20. The van der Waals surface area contributed by atoms with Crippen LogP contribution in [0.5, 0.6) is 0 Å². The Morgan fingerprint density at radius 1 is 1.47 bits per heavy atom. The van der Waals surface area contributed by atoms with Gasteiger partial charge < -0.3 is 10.5 Å². The Kier molecular flexibility index (Phi) is 10.0. The number of hydrogen-bond donors (Lipinski definition) is 1. The van der Waals surface area contributed by atoms with Gasteiger partial charge in [0.25, 0.3) is 0 Å². The molecule has 5 nitrogen and oxygen atoms in total. The third kappa shape index (κ3) is 7.74. The molecule has 0 bridgehead atoms. The van der Waals surface area contributed by atoms with Crippen LogP contribution in [0.25, 0.3) is 0 Å². The Morgan fingerprint density at radius 2 is 2.16 bits per heavy atom. The van der Waals surface area contributed by atoms with E-state index in [9.17, 15) is 4.79 Å². The smallest absolute Gasteiger partial charge is 0.330 e. The van der Waals surface area contributed by atoms with Gasteiger partial charge in [0.15, 0.2) is 5.16 Å². The van der Waals surface area contributed by atoms with Gasteiger partial charge in [-0.3, -0.25) is 0 Å². The lowest BCUT2D eigenvalue weighted by atomic mass is 10.5. The van der Waals surface area contributed by atoms with Gasteiger partial charge in [-0.2, -0.15) is 0 Å². The molecular formula is C12H19N3O2S2. The van der Waals surface area contributed by atoms with Gasteiger partial charge in [-0.25, -0.2) is 14.8 Å². The molecule has 0 aliphatic rings. The summed E-state index contributed by atoms with van der Waals surface area (Å²) in [5, 5.41) is 1.43. The molecule has 1 aromatic heterocycles. The minimum absolute atomic E-state index is 0.371. The highest BCUT2D eigenvalue weighted by molar-refractivity contribution is 7.99. The zero-order valence-electron chi connectivity index (χ0n) is 11.5. The molecule has 0 spiro atoms. The quantitative estimate of drug-likeness (QED) is 0.294. The number of nitrogens with zero attached hydrogens (tertiary/aromatic N) is 2. The van der Waals surface area contributed by atoms with Crippen molar-refractivity contribution in [2.45, 2.75) is 24.0 Å². The van der Waals surface area contributed by atoms with Gasteiger partial charge in [-0.15, -0.1) is 11.8 Å². The van der Waals surface area contributed by atoms with Crippen LogP contribution < -0.4 is 5.73 Å². The second-order valence-corrected chi connectivity index (χ2v) is 4.67. The van der Waals surface area contributed by atoms with Gasteiger partial charge in [-0.1, -0.05) is 31.7 Å². The fraction of sp³-hybridized carbons (Fsp3) is 0.417. The summed E-state index contributed by atoms with van der Waals surface area (Å²) in [5.41, 5.74) is 5.64. The third-order valence-electron chi connectivity index (χ3n) is 1.67. The Bertz CT molecular complexity index is 425. The molecule has 0 unspecified atom stereocenters. The maximum Gasteiger partial charge on any atom is 0.330 e. The van der Waals surface area contributed by atoms with E-state index < -0.39 is 0 Å². The van der Waals surface area contributed by atoms with Crippen LogP contribution in [0.4, 0.5) is 5.82 Å². The predicted molar refractivity (Wildman–Crippen MR) is 81.5 cm³/mol. The van der Waals surface area contributed by atoms with Crippen molar-refractivity contribution >= 4 is 35.3 Å². The van der Waals surface area contributed by atoms with E-state index in [-0.39, 0.29) is 5.97 Å². The van der Waals surface area contributed by atoms with E-state index in [4.69, 9.17) is 5.73 Å². The summed E-state index contributed by atoms with van der Waals surface area (Å²) in [4.78, 5) is 19.2. The summed E-state index contributed by atoms with van der Waals surface area (Å²) < 4.78 is 4.47. The first kappa shape index (κ1) is 17.8. The van der Waals surface area contributed by atoms with E-state index in [0.29, 0.717) is 16.7 Å². The number of thioether (sulfide) groups is 2. The molecule has 2 N–H and O–H groups in total. The van der Waals surface area contributed by atoms with Crippen LogP contribution in [0, 0.1) is 0 Å². The Balaban J connectivity index is 0.00000154. The maximum absolute atomic E-state index is 10.8. The molecule has 0 aliphatic carbocycles. The van der Waals surface area contributed by atoms with Crippen LogP contribution in [-0.4, -0.2) is 35.1 Å². The van der Waals surface area contributed by atoms with Gasteiger partial charge in [-0.05, 0) is 6.26 Å². The molecule has 0 radical (unpaired) electrons. The van der Waals surface area contributed by atoms with Crippen molar-refractivity contribution in [1.29, 1.82) is 0 Å². The molecule has 1 heterocycles. The van der Waals surface area contributed by atoms with E-state index in [0.717, 1.165) is 5.03 Å².